The molecule has 1 heterocycles. The summed E-state index contributed by atoms with van der Waals surface area (Å²) in [5.41, 5.74) is 2.83. The Hall–Kier alpha value is -0.800. The predicted octanol–water partition coefficient (Wildman–Crippen LogP) is 4.10. The van der Waals surface area contributed by atoms with E-state index in [0.29, 0.717) is 9.86 Å². The predicted molar refractivity (Wildman–Crippen MR) is 60.4 cm³/mol. The standard InChI is InChI=1S/C10H10ClNOS/c1-2-3-6-4-7(11)5-8-9(6)13-10(14)12-8/h4-5H,2-3H2,1H3,(H,12,14). The number of halogens is 1. The highest BCUT2D eigenvalue weighted by Crippen LogP contribution is 2.24. The van der Waals surface area contributed by atoms with Gasteiger partial charge in [-0.15, -0.1) is 0 Å². The SMILES string of the molecule is CCCc1cc(Cl)cc2[nH]c(=S)oc12. The highest BCUT2D eigenvalue weighted by molar-refractivity contribution is 7.71. The van der Waals surface area contributed by atoms with E-state index in [2.05, 4.69) is 11.9 Å². The first-order chi connectivity index (χ1) is 6.70. The first kappa shape index (κ1) is 9.74. The number of rotatable bonds is 2. The lowest BCUT2D eigenvalue weighted by Gasteiger charge is -1.99. The zero-order chi connectivity index (χ0) is 10.1. The summed E-state index contributed by atoms with van der Waals surface area (Å²) >= 11 is 10.9. The fourth-order valence-electron chi connectivity index (χ4n) is 1.55. The number of oxazole rings is 1. The number of nitrogens with one attached hydrogen (secondary N) is 1. The van der Waals surface area contributed by atoms with Gasteiger partial charge >= 0.3 is 0 Å². The Kier molecular flexibility index (Phi) is 2.61. The summed E-state index contributed by atoms with van der Waals surface area (Å²) in [5, 5.41) is 0.716. The van der Waals surface area contributed by atoms with Crippen molar-refractivity contribution < 1.29 is 4.42 Å². The highest BCUT2D eigenvalue weighted by Gasteiger charge is 2.06. The summed E-state index contributed by atoms with van der Waals surface area (Å²) in [5.74, 6) is 0. The Morgan fingerprint density at radius 1 is 1.50 bits per heavy atom. The van der Waals surface area contributed by atoms with E-state index in [9.17, 15) is 0 Å². The van der Waals surface area contributed by atoms with E-state index in [-0.39, 0.29) is 0 Å². The van der Waals surface area contributed by atoms with Gasteiger partial charge in [0.05, 0.1) is 5.52 Å². The van der Waals surface area contributed by atoms with Gasteiger partial charge in [-0.2, -0.15) is 0 Å². The van der Waals surface area contributed by atoms with Crippen molar-refractivity contribution in [3.05, 3.63) is 27.6 Å². The molecule has 0 aliphatic heterocycles. The smallest absolute Gasteiger partial charge is 0.266 e. The van der Waals surface area contributed by atoms with Gasteiger partial charge < -0.3 is 9.40 Å². The van der Waals surface area contributed by atoms with E-state index >= 15 is 0 Å². The molecule has 1 aromatic heterocycles. The van der Waals surface area contributed by atoms with Crippen molar-refractivity contribution in [2.24, 2.45) is 0 Å². The van der Waals surface area contributed by atoms with Crippen molar-refractivity contribution >= 4 is 34.9 Å². The van der Waals surface area contributed by atoms with E-state index in [0.717, 1.165) is 29.5 Å². The number of hydrogen-bond donors (Lipinski definition) is 1. The van der Waals surface area contributed by atoms with Crippen molar-refractivity contribution in [1.82, 2.24) is 4.98 Å². The molecule has 2 rings (SSSR count). The summed E-state index contributed by atoms with van der Waals surface area (Å²) in [6.45, 7) is 2.12. The molecule has 0 saturated carbocycles. The molecule has 0 fully saturated rings. The minimum atomic E-state index is 0.402. The van der Waals surface area contributed by atoms with Crippen LogP contribution >= 0.6 is 23.8 Å². The molecule has 1 N–H and O–H groups in total. The summed E-state index contributed by atoms with van der Waals surface area (Å²) in [7, 11) is 0. The van der Waals surface area contributed by atoms with Crippen molar-refractivity contribution in [2.75, 3.05) is 0 Å². The van der Waals surface area contributed by atoms with Crippen LogP contribution in [0.5, 0.6) is 0 Å². The minimum Gasteiger partial charge on any atom is -0.429 e. The Labute approximate surface area is 91.9 Å². The molecule has 74 valence electrons. The first-order valence-corrected chi connectivity index (χ1v) is 5.30. The average Bonchev–Trinajstić information content (AvgIpc) is 2.45. The fraction of sp³-hybridized carbons (Fsp3) is 0.300. The Balaban J connectivity index is 2.72. The summed E-state index contributed by atoms with van der Waals surface area (Å²) in [6, 6.07) is 3.76. The second-order valence-corrected chi connectivity index (χ2v) is 4.01. The van der Waals surface area contributed by atoms with Crippen LogP contribution in [0.4, 0.5) is 0 Å². The Bertz CT molecular complexity index is 514. The van der Waals surface area contributed by atoms with Gasteiger partial charge in [0.1, 0.15) is 0 Å². The van der Waals surface area contributed by atoms with Crippen LogP contribution in [0.3, 0.4) is 0 Å². The molecule has 2 nitrogen and oxygen atoms in total. The van der Waals surface area contributed by atoms with Gasteiger partial charge in [-0.1, -0.05) is 24.9 Å². The maximum atomic E-state index is 5.97. The van der Waals surface area contributed by atoms with Gasteiger partial charge in [-0.25, -0.2) is 0 Å². The summed E-state index contributed by atoms with van der Waals surface area (Å²) in [4.78, 5) is 3.36. The number of hydrogen-bond acceptors (Lipinski definition) is 2. The van der Waals surface area contributed by atoms with Gasteiger partial charge in [-0.3, -0.25) is 0 Å². The maximum Gasteiger partial charge on any atom is 0.266 e. The largest absolute Gasteiger partial charge is 0.429 e. The number of aromatic amines is 1. The van der Waals surface area contributed by atoms with Crippen molar-refractivity contribution in [3.63, 3.8) is 0 Å². The molecule has 0 atom stereocenters. The minimum absolute atomic E-state index is 0.402. The van der Waals surface area contributed by atoms with Gasteiger partial charge in [0, 0.05) is 5.02 Å². The van der Waals surface area contributed by atoms with E-state index < -0.39 is 0 Å². The average molecular weight is 228 g/mol. The van der Waals surface area contributed by atoms with E-state index in [1.807, 2.05) is 12.1 Å². The van der Waals surface area contributed by atoms with Crippen LogP contribution in [-0.4, -0.2) is 4.98 Å². The third-order valence-electron chi connectivity index (χ3n) is 2.08. The van der Waals surface area contributed by atoms with Gasteiger partial charge in [0.15, 0.2) is 5.58 Å². The molecule has 0 amide bonds. The lowest BCUT2D eigenvalue weighted by molar-refractivity contribution is 0.579. The fourth-order valence-corrected chi connectivity index (χ4v) is 1.98. The van der Waals surface area contributed by atoms with Crippen LogP contribution in [0.15, 0.2) is 16.5 Å². The maximum absolute atomic E-state index is 5.97. The van der Waals surface area contributed by atoms with Crippen LogP contribution < -0.4 is 0 Å². The topological polar surface area (TPSA) is 28.9 Å². The molecule has 0 saturated heterocycles. The normalized spacial score (nSPS) is 11.0. The molecule has 0 bridgehead atoms. The monoisotopic (exact) mass is 227 g/mol. The molecular formula is C10H10ClNOS. The third kappa shape index (κ3) is 1.70. The molecule has 0 aliphatic rings. The molecule has 0 aliphatic carbocycles. The van der Waals surface area contributed by atoms with Crippen LogP contribution in [0.2, 0.25) is 5.02 Å². The zero-order valence-corrected chi connectivity index (χ0v) is 9.34. The number of aryl methyl sites for hydroxylation is 1. The molecule has 1 aromatic carbocycles. The van der Waals surface area contributed by atoms with Crippen molar-refractivity contribution in [3.8, 4) is 0 Å². The van der Waals surface area contributed by atoms with Gasteiger partial charge in [0.25, 0.3) is 4.84 Å². The second-order valence-electron chi connectivity index (χ2n) is 3.21. The molecule has 0 spiro atoms. The lowest BCUT2D eigenvalue weighted by Crippen LogP contribution is -1.84. The summed E-state index contributed by atoms with van der Waals surface area (Å²) < 4.78 is 5.41. The van der Waals surface area contributed by atoms with Crippen LogP contribution in [0.25, 0.3) is 11.1 Å². The van der Waals surface area contributed by atoms with Crippen LogP contribution in [0, 0.1) is 4.84 Å². The molecule has 4 heteroatoms. The van der Waals surface area contributed by atoms with E-state index in [1.165, 1.54) is 0 Å². The third-order valence-corrected chi connectivity index (χ3v) is 2.49. The number of fused-ring (bicyclic) bond motifs is 1. The van der Waals surface area contributed by atoms with Gasteiger partial charge in [0.2, 0.25) is 0 Å². The van der Waals surface area contributed by atoms with Crippen molar-refractivity contribution in [1.29, 1.82) is 0 Å². The lowest BCUT2D eigenvalue weighted by atomic mass is 10.1. The Morgan fingerprint density at radius 3 is 3.00 bits per heavy atom. The van der Waals surface area contributed by atoms with E-state index in [1.54, 1.807) is 0 Å². The van der Waals surface area contributed by atoms with Crippen LogP contribution in [-0.2, 0) is 6.42 Å². The first-order valence-electron chi connectivity index (χ1n) is 4.52. The molecule has 0 radical (unpaired) electrons. The Morgan fingerprint density at radius 2 is 2.29 bits per heavy atom. The number of benzene rings is 1. The molecule has 14 heavy (non-hydrogen) atoms. The summed E-state index contributed by atoms with van der Waals surface area (Å²) in [6.07, 6.45) is 2.01. The number of H-pyrrole nitrogens is 1. The quantitative estimate of drug-likeness (QED) is 0.783. The van der Waals surface area contributed by atoms with Crippen LogP contribution in [0.1, 0.15) is 18.9 Å². The molecule has 2 aromatic rings. The molecule has 0 unspecified atom stereocenters. The molecular weight excluding hydrogens is 218 g/mol. The zero-order valence-electron chi connectivity index (χ0n) is 7.76. The van der Waals surface area contributed by atoms with Gasteiger partial charge in [-0.05, 0) is 36.3 Å². The number of aromatic nitrogens is 1. The second kappa shape index (κ2) is 3.75. The van der Waals surface area contributed by atoms with E-state index in [4.69, 9.17) is 28.2 Å². The highest BCUT2D eigenvalue weighted by atomic mass is 35.5. The van der Waals surface area contributed by atoms with Crippen molar-refractivity contribution in [2.45, 2.75) is 19.8 Å².